The molecule has 0 saturated carbocycles. The van der Waals surface area contributed by atoms with Crippen LogP contribution in [0.1, 0.15) is 21.6 Å². The highest BCUT2D eigenvalue weighted by atomic mass is 19.4. The van der Waals surface area contributed by atoms with Crippen molar-refractivity contribution in [3.8, 4) is 0 Å². The Morgan fingerprint density at radius 1 is 1.28 bits per heavy atom. The van der Waals surface area contributed by atoms with Crippen molar-refractivity contribution >= 4 is 22.5 Å². The molecule has 2 heterocycles. The van der Waals surface area contributed by atoms with E-state index in [2.05, 4.69) is 10.3 Å². The number of benzene rings is 1. The van der Waals surface area contributed by atoms with Crippen LogP contribution in [-0.2, 0) is 19.8 Å². The number of halogens is 3. The molecule has 2 N–H and O–H groups in total. The van der Waals surface area contributed by atoms with Crippen molar-refractivity contribution in [2.24, 2.45) is 7.05 Å². The SMILES string of the molecule is Cn1c(C(=O)Nc2cnccc2CO)cc2cc(C(F)(F)F)ccc21. The van der Waals surface area contributed by atoms with Gasteiger partial charge < -0.3 is 15.0 Å². The van der Waals surface area contributed by atoms with Crippen LogP contribution in [0.5, 0.6) is 0 Å². The van der Waals surface area contributed by atoms with Gasteiger partial charge in [0.05, 0.1) is 24.1 Å². The molecule has 3 rings (SSSR count). The van der Waals surface area contributed by atoms with Crippen LogP contribution in [0.15, 0.2) is 42.7 Å². The molecular weight excluding hydrogens is 335 g/mol. The first-order valence-corrected chi connectivity index (χ1v) is 7.33. The molecule has 5 nitrogen and oxygen atoms in total. The number of anilines is 1. The van der Waals surface area contributed by atoms with Crippen molar-refractivity contribution in [2.75, 3.05) is 5.32 Å². The Morgan fingerprint density at radius 3 is 2.72 bits per heavy atom. The van der Waals surface area contributed by atoms with E-state index in [9.17, 15) is 23.1 Å². The van der Waals surface area contributed by atoms with Gasteiger partial charge >= 0.3 is 6.18 Å². The number of carbonyl (C=O) groups excluding carboxylic acids is 1. The highest BCUT2D eigenvalue weighted by molar-refractivity contribution is 6.06. The maximum Gasteiger partial charge on any atom is 0.416 e. The molecule has 0 spiro atoms. The standard InChI is InChI=1S/C17H14F3N3O2/c1-23-14-3-2-12(17(18,19)20)6-11(14)7-15(23)16(25)22-13-8-21-5-4-10(13)9-24/h2-8,24H,9H2,1H3,(H,22,25). The summed E-state index contributed by atoms with van der Waals surface area (Å²) >= 11 is 0. The molecule has 0 unspecified atom stereocenters. The summed E-state index contributed by atoms with van der Waals surface area (Å²) in [5.74, 6) is -0.505. The molecule has 3 aromatic rings. The number of aliphatic hydroxyl groups is 1. The Balaban J connectivity index is 1.98. The molecule has 0 aliphatic heterocycles. The molecule has 8 heteroatoms. The number of nitrogens with one attached hydrogen (secondary N) is 1. The van der Waals surface area contributed by atoms with Crippen molar-refractivity contribution in [2.45, 2.75) is 12.8 Å². The van der Waals surface area contributed by atoms with Gasteiger partial charge in [0.15, 0.2) is 0 Å². The highest BCUT2D eigenvalue weighted by Crippen LogP contribution is 2.32. The third kappa shape index (κ3) is 3.20. The van der Waals surface area contributed by atoms with Gasteiger partial charge in [-0.25, -0.2) is 0 Å². The lowest BCUT2D eigenvalue weighted by Crippen LogP contribution is -2.16. The number of aromatic nitrogens is 2. The first-order chi connectivity index (χ1) is 11.8. The van der Waals surface area contributed by atoms with Crippen LogP contribution >= 0.6 is 0 Å². The minimum absolute atomic E-state index is 0.196. The van der Waals surface area contributed by atoms with Gasteiger partial charge in [0.2, 0.25) is 0 Å². The van der Waals surface area contributed by atoms with Crippen molar-refractivity contribution < 1.29 is 23.1 Å². The molecular formula is C17H14F3N3O2. The van der Waals surface area contributed by atoms with Crippen molar-refractivity contribution in [1.29, 1.82) is 0 Å². The van der Waals surface area contributed by atoms with Crippen LogP contribution in [0.3, 0.4) is 0 Å². The number of aryl methyl sites for hydroxylation is 1. The highest BCUT2D eigenvalue weighted by Gasteiger charge is 2.30. The fourth-order valence-corrected chi connectivity index (χ4v) is 2.60. The number of hydrogen-bond donors (Lipinski definition) is 2. The summed E-state index contributed by atoms with van der Waals surface area (Å²) in [5.41, 5.74) is 0.763. The first-order valence-electron chi connectivity index (χ1n) is 7.33. The second kappa shape index (κ2) is 6.21. The van der Waals surface area contributed by atoms with Gasteiger partial charge in [-0.1, -0.05) is 0 Å². The molecule has 0 aliphatic rings. The number of aliphatic hydroxyl groups excluding tert-OH is 1. The zero-order valence-electron chi connectivity index (χ0n) is 13.1. The average molecular weight is 349 g/mol. The summed E-state index contributed by atoms with van der Waals surface area (Å²) in [6.07, 6.45) is -1.57. The first kappa shape index (κ1) is 17.0. The Morgan fingerprint density at radius 2 is 2.04 bits per heavy atom. The fraction of sp³-hybridized carbons (Fsp3) is 0.176. The topological polar surface area (TPSA) is 67.2 Å². The summed E-state index contributed by atoms with van der Waals surface area (Å²) < 4.78 is 40.0. The number of rotatable bonds is 3. The second-order valence-electron chi connectivity index (χ2n) is 5.51. The molecule has 2 aromatic heterocycles. The third-order valence-electron chi connectivity index (χ3n) is 3.93. The predicted molar refractivity (Wildman–Crippen MR) is 86.0 cm³/mol. The summed E-state index contributed by atoms with van der Waals surface area (Å²) in [4.78, 5) is 16.4. The van der Waals surface area contributed by atoms with Crippen LogP contribution in [0.25, 0.3) is 10.9 Å². The van der Waals surface area contributed by atoms with E-state index in [0.29, 0.717) is 22.2 Å². The predicted octanol–water partition coefficient (Wildman–Crippen LogP) is 3.34. The minimum Gasteiger partial charge on any atom is -0.392 e. The third-order valence-corrected chi connectivity index (χ3v) is 3.93. The van der Waals surface area contributed by atoms with E-state index in [-0.39, 0.29) is 12.3 Å². The van der Waals surface area contributed by atoms with E-state index in [1.807, 2.05) is 0 Å². The molecule has 25 heavy (non-hydrogen) atoms. The van der Waals surface area contributed by atoms with Crippen molar-refractivity contribution in [3.05, 3.63) is 59.5 Å². The lowest BCUT2D eigenvalue weighted by atomic mass is 10.1. The minimum atomic E-state index is -4.45. The molecule has 0 bridgehead atoms. The van der Waals surface area contributed by atoms with Crippen molar-refractivity contribution in [3.63, 3.8) is 0 Å². The van der Waals surface area contributed by atoms with E-state index < -0.39 is 17.6 Å². The average Bonchev–Trinajstić information content (AvgIpc) is 2.91. The zero-order chi connectivity index (χ0) is 18.2. The van der Waals surface area contributed by atoms with Crippen LogP contribution in [0.2, 0.25) is 0 Å². The van der Waals surface area contributed by atoms with E-state index in [4.69, 9.17) is 0 Å². The summed E-state index contributed by atoms with van der Waals surface area (Å²) in [5, 5.41) is 12.2. The summed E-state index contributed by atoms with van der Waals surface area (Å²) in [7, 11) is 1.60. The Labute approximate surface area is 140 Å². The van der Waals surface area contributed by atoms with Crippen molar-refractivity contribution in [1.82, 2.24) is 9.55 Å². The summed E-state index contributed by atoms with van der Waals surface area (Å²) in [6, 6.07) is 6.28. The van der Waals surface area contributed by atoms with Crippen LogP contribution in [0.4, 0.5) is 18.9 Å². The lowest BCUT2D eigenvalue weighted by Gasteiger charge is -2.09. The zero-order valence-corrected chi connectivity index (χ0v) is 13.1. The molecule has 130 valence electrons. The van der Waals surface area contributed by atoms with E-state index in [0.717, 1.165) is 12.1 Å². The molecule has 0 atom stereocenters. The van der Waals surface area contributed by atoms with Gasteiger partial charge in [0, 0.05) is 29.7 Å². The Bertz CT molecular complexity index is 948. The number of carbonyl (C=O) groups is 1. The Kier molecular flexibility index (Phi) is 4.22. The Hall–Kier alpha value is -2.87. The fourth-order valence-electron chi connectivity index (χ4n) is 2.60. The largest absolute Gasteiger partial charge is 0.416 e. The van der Waals surface area contributed by atoms with Gasteiger partial charge in [-0.15, -0.1) is 0 Å². The quantitative estimate of drug-likeness (QED) is 0.762. The van der Waals surface area contributed by atoms with Gasteiger partial charge in [0.25, 0.3) is 5.91 Å². The number of hydrogen-bond acceptors (Lipinski definition) is 3. The van der Waals surface area contributed by atoms with Gasteiger partial charge in [-0.05, 0) is 30.3 Å². The molecule has 1 amide bonds. The van der Waals surface area contributed by atoms with Gasteiger partial charge in [0.1, 0.15) is 5.69 Å². The lowest BCUT2D eigenvalue weighted by molar-refractivity contribution is -0.137. The molecule has 0 saturated heterocycles. The van der Waals surface area contributed by atoms with E-state index in [1.165, 1.54) is 29.1 Å². The van der Waals surface area contributed by atoms with E-state index in [1.54, 1.807) is 13.1 Å². The molecule has 0 aliphatic carbocycles. The van der Waals surface area contributed by atoms with Gasteiger partial charge in [-0.3, -0.25) is 9.78 Å². The number of nitrogens with zero attached hydrogens (tertiary/aromatic N) is 2. The number of fused-ring (bicyclic) bond motifs is 1. The summed E-state index contributed by atoms with van der Waals surface area (Å²) in [6.45, 7) is -0.276. The molecule has 0 radical (unpaired) electrons. The van der Waals surface area contributed by atoms with Crippen LogP contribution in [0, 0.1) is 0 Å². The number of pyridine rings is 1. The van der Waals surface area contributed by atoms with E-state index >= 15 is 0 Å². The van der Waals surface area contributed by atoms with Crippen LogP contribution in [-0.4, -0.2) is 20.6 Å². The maximum atomic E-state index is 12.8. The second-order valence-corrected chi connectivity index (χ2v) is 5.51. The smallest absolute Gasteiger partial charge is 0.392 e. The molecule has 1 aromatic carbocycles. The maximum absolute atomic E-state index is 12.8. The van der Waals surface area contributed by atoms with Gasteiger partial charge in [-0.2, -0.15) is 13.2 Å². The number of amides is 1. The number of alkyl halides is 3. The normalized spacial score (nSPS) is 11.7. The molecule has 0 fully saturated rings. The van der Waals surface area contributed by atoms with Crippen LogP contribution < -0.4 is 5.32 Å². The monoisotopic (exact) mass is 349 g/mol.